The molecule has 1 aliphatic heterocycles. The quantitative estimate of drug-likeness (QED) is 0.594. The maximum Gasteiger partial charge on any atom is 0.254 e. The summed E-state index contributed by atoms with van der Waals surface area (Å²) in [6, 6.07) is 12.1. The summed E-state index contributed by atoms with van der Waals surface area (Å²) in [5, 5.41) is 1.69. The Labute approximate surface area is 177 Å². The number of rotatable bonds is 2. The van der Waals surface area contributed by atoms with Gasteiger partial charge < -0.3 is 9.80 Å². The molecule has 4 nitrogen and oxygen atoms in total. The summed E-state index contributed by atoms with van der Waals surface area (Å²) < 4.78 is 0. The van der Waals surface area contributed by atoms with Gasteiger partial charge in [-0.05, 0) is 63.1 Å². The second kappa shape index (κ2) is 7.68. The van der Waals surface area contributed by atoms with Gasteiger partial charge in [0.25, 0.3) is 5.91 Å². The molecule has 2 heterocycles. The van der Waals surface area contributed by atoms with Crippen LogP contribution in [0.3, 0.4) is 0 Å². The molecule has 2 aromatic carbocycles. The van der Waals surface area contributed by atoms with Crippen molar-refractivity contribution in [1.82, 2.24) is 9.88 Å². The Hall–Kier alpha value is -2.59. The number of carbonyl (C=O) groups is 1. The van der Waals surface area contributed by atoms with Gasteiger partial charge in [-0.1, -0.05) is 29.3 Å². The van der Waals surface area contributed by atoms with Crippen molar-refractivity contribution in [1.29, 1.82) is 0 Å². The molecule has 0 bridgehead atoms. The first-order valence-electron chi connectivity index (χ1n) is 10.0. The standard InChI is InChI=1S/C24H26ClN3O/c1-15-11-17(3)23-20(12-15)21(13-18(4)26-23)24(29)28-9-7-27(8-10-28)22-14-19(25)6-5-16(22)2/h5-6,11-14H,7-10H2,1-4H3. The van der Waals surface area contributed by atoms with Crippen LogP contribution in [0.25, 0.3) is 10.9 Å². The normalized spacial score (nSPS) is 14.5. The van der Waals surface area contributed by atoms with Gasteiger partial charge >= 0.3 is 0 Å². The maximum atomic E-state index is 13.4. The van der Waals surface area contributed by atoms with Crippen LogP contribution in [0.15, 0.2) is 36.4 Å². The monoisotopic (exact) mass is 407 g/mol. The van der Waals surface area contributed by atoms with Crippen molar-refractivity contribution in [2.24, 2.45) is 0 Å². The molecule has 0 aliphatic carbocycles. The predicted octanol–water partition coefficient (Wildman–Crippen LogP) is 5.08. The maximum absolute atomic E-state index is 13.4. The lowest BCUT2D eigenvalue weighted by Crippen LogP contribution is -2.49. The zero-order chi connectivity index (χ0) is 20.7. The first kappa shape index (κ1) is 19.7. The van der Waals surface area contributed by atoms with Gasteiger partial charge in [-0.25, -0.2) is 0 Å². The van der Waals surface area contributed by atoms with E-state index in [2.05, 4.69) is 42.8 Å². The second-order valence-corrected chi connectivity index (χ2v) is 8.44. The molecule has 5 heteroatoms. The van der Waals surface area contributed by atoms with E-state index in [1.165, 1.54) is 5.56 Å². The molecule has 3 aromatic rings. The molecule has 1 amide bonds. The fourth-order valence-corrected chi connectivity index (χ4v) is 4.40. The topological polar surface area (TPSA) is 36.4 Å². The van der Waals surface area contributed by atoms with Gasteiger partial charge in [0.2, 0.25) is 0 Å². The van der Waals surface area contributed by atoms with Gasteiger partial charge in [-0.3, -0.25) is 9.78 Å². The molecule has 0 radical (unpaired) electrons. The van der Waals surface area contributed by atoms with Gasteiger partial charge in [0, 0.05) is 48.0 Å². The molecular formula is C24H26ClN3O. The molecule has 29 heavy (non-hydrogen) atoms. The molecule has 0 unspecified atom stereocenters. The van der Waals surface area contributed by atoms with Crippen LogP contribution in [0, 0.1) is 27.7 Å². The molecule has 150 valence electrons. The van der Waals surface area contributed by atoms with Gasteiger partial charge in [0.1, 0.15) is 0 Å². The lowest BCUT2D eigenvalue weighted by molar-refractivity contribution is 0.0748. The minimum atomic E-state index is 0.0907. The van der Waals surface area contributed by atoms with Crippen LogP contribution in [-0.2, 0) is 0 Å². The number of carbonyl (C=O) groups excluding carboxylic acids is 1. The van der Waals surface area contributed by atoms with E-state index < -0.39 is 0 Å². The van der Waals surface area contributed by atoms with Crippen molar-refractivity contribution >= 4 is 34.1 Å². The van der Waals surface area contributed by atoms with Crippen molar-refractivity contribution in [3.8, 4) is 0 Å². The van der Waals surface area contributed by atoms with Crippen LogP contribution < -0.4 is 4.90 Å². The average molecular weight is 408 g/mol. The third kappa shape index (κ3) is 3.82. The first-order chi connectivity index (χ1) is 13.8. The number of amides is 1. The number of hydrogen-bond donors (Lipinski definition) is 0. The number of halogens is 1. The summed E-state index contributed by atoms with van der Waals surface area (Å²) in [5.41, 5.74) is 7.17. The highest BCUT2D eigenvalue weighted by atomic mass is 35.5. The fraction of sp³-hybridized carbons (Fsp3) is 0.333. The van der Waals surface area contributed by atoms with Crippen LogP contribution in [0.5, 0.6) is 0 Å². The minimum absolute atomic E-state index is 0.0907. The predicted molar refractivity (Wildman–Crippen MR) is 120 cm³/mol. The number of aromatic nitrogens is 1. The molecule has 1 aliphatic rings. The van der Waals surface area contributed by atoms with Crippen molar-refractivity contribution in [3.05, 3.63) is 69.4 Å². The van der Waals surface area contributed by atoms with E-state index in [1.807, 2.05) is 36.1 Å². The lowest BCUT2D eigenvalue weighted by Gasteiger charge is -2.37. The highest BCUT2D eigenvalue weighted by Crippen LogP contribution is 2.27. The highest BCUT2D eigenvalue weighted by Gasteiger charge is 2.25. The lowest BCUT2D eigenvalue weighted by atomic mass is 10.0. The summed E-state index contributed by atoms with van der Waals surface area (Å²) in [6.07, 6.45) is 0. The number of aryl methyl sites for hydroxylation is 4. The molecule has 0 atom stereocenters. The Kier molecular flexibility index (Phi) is 5.22. The molecule has 0 N–H and O–H groups in total. The van der Waals surface area contributed by atoms with Crippen molar-refractivity contribution in [3.63, 3.8) is 0 Å². The number of anilines is 1. The van der Waals surface area contributed by atoms with Crippen LogP contribution in [-0.4, -0.2) is 42.0 Å². The van der Waals surface area contributed by atoms with E-state index in [0.717, 1.165) is 57.1 Å². The molecule has 1 aromatic heterocycles. The van der Waals surface area contributed by atoms with Crippen molar-refractivity contribution in [2.75, 3.05) is 31.1 Å². The van der Waals surface area contributed by atoms with Crippen LogP contribution >= 0.6 is 11.6 Å². The largest absolute Gasteiger partial charge is 0.368 e. The Balaban J connectivity index is 1.60. The summed E-state index contributed by atoms with van der Waals surface area (Å²) in [4.78, 5) is 22.4. The van der Waals surface area contributed by atoms with E-state index in [0.29, 0.717) is 13.1 Å². The zero-order valence-electron chi connectivity index (χ0n) is 17.4. The Bertz CT molecular complexity index is 1100. The van der Waals surface area contributed by atoms with Crippen LogP contribution in [0.2, 0.25) is 5.02 Å². The Morgan fingerprint density at radius 1 is 0.931 bits per heavy atom. The molecule has 0 spiro atoms. The Morgan fingerprint density at radius 3 is 2.38 bits per heavy atom. The SMILES string of the molecule is Cc1cc(C)c2nc(C)cc(C(=O)N3CCN(c4cc(Cl)ccc4C)CC3)c2c1. The molecule has 1 saturated heterocycles. The first-order valence-corrected chi connectivity index (χ1v) is 10.4. The van der Waals surface area contributed by atoms with E-state index in [9.17, 15) is 4.79 Å². The Morgan fingerprint density at radius 2 is 1.66 bits per heavy atom. The third-order valence-electron chi connectivity index (χ3n) is 5.69. The van der Waals surface area contributed by atoms with E-state index in [4.69, 9.17) is 11.6 Å². The fourth-order valence-electron chi connectivity index (χ4n) is 4.23. The van der Waals surface area contributed by atoms with Gasteiger partial charge in [-0.2, -0.15) is 0 Å². The minimum Gasteiger partial charge on any atom is -0.368 e. The molecule has 1 fully saturated rings. The smallest absolute Gasteiger partial charge is 0.254 e. The number of pyridine rings is 1. The van der Waals surface area contributed by atoms with Crippen LogP contribution in [0.1, 0.15) is 32.7 Å². The van der Waals surface area contributed by atoms with Crippen LogP contribution in [0.4, 0.5) is 5.69 Å². The average Bonchev–Trinajstić information content (AvgIpc) is 2.69. The van der Waals surface area contributed by atoms with Gasteiger partial charge in [0.05, 0.1) is 11.1 Å². The third-order valence-corrected chi connectivity index (χ3v) is 5.92. The van der Waals surface area contributed by atoms with E-state index in [1.54, 1.807) is 0 Å². The summed E-state index contributed by atoms with van der Waals surface area (Å²) in [5.74, 6) is 0.0907. The summed E-state index contributed by atoms with van der Waals surface area (Å²) in [6.45, 7) is 11.2. The van der Waals surface area contributed by atoms with Gasteiger partial charge in [-0.15, -0.1) is 0 Å². The number of benzene rings is 2. The summed E-state index contributed by atoms with van der Waals surface area (Å²) in [7, 11) is 0. The number of piperazine rings is 1. The highest BCUT2D eigenvalue weighted by molar-refractivity contribution is 6.30. The number of nitrogens with zero attached hydrogens (tertiary/aromatic N) is 3. The van der Waals surface area contributed by atoms with Crippen molar-refractivity contribution in [2.45, 2.75) is 27.7 Å². The van der Waals surface area contributed by atoms with Crippen molar-refractivity contribution < 1.29 is 4.79 Å². The number of fused-ring (bicyclic) bond motifs is 1. The van der Waals surface area contributed by atoms with E-state index in [-0.39, 0.29) is 5.91 Å². The molecule has 0 saturated carbocycles. The van der Waals surface area contributed by atoms with E-state index >= 15 is 0 Å². The van der Waals surface area contributed by atoms with Gasteiger partial charge in [0.15, 0.2) is 0 Å². The molecular weight excluding hydrogens is 382 g/mol. The molecule has 4 rings (SSSR count). The second-order valence-electron chi connectivity index (χ2n) is 8.00. The zero-order valence-corrected chi connectivity index (χ0v) is 18.2. The summed E-state index contributed by atoms with van der Waals surface area (Å²) >= 11 is 6.19. The number of hydrogen-bond acceptors (Lipinski definition) is 3.